The summed E-state index contributed by atoms with van der Waals surface area (Å²) in [6, 6.07) is 0. The van der Waals surface area contributed by atoms with Crippen molar-refractivity contribution in [2.24, 2.45) is 0 Å². The first-order valence-corrected chi connectivity index (χ1v) is 10.7. The molecule has 2 fully saturated rings. The SMILES string of the molecule is ClC1(Cl)CCCC(SC2CCCC(Cl)(Cl)CCC2)CCC1. The molecule has 21 heavy (non-hydrogen) atoms. The van der Waals surface area contributed by atoms with Crippen LogP contribution in [0.3, 0.4) is 0 Å². The van der Waals surface area contributed by atoms with E-state index in [0.29, 0.717) is 0 Å². The van der Waals surface area contributed by atoms with E-state index < -0.39 is 8.67 Å². The van der Waals surface area contributed by atoms with Crippen LogP contribution in [0.15, 0.2) is 0 Å². The Morgan fingerprint density at radius 3 is 1.14 bits per heavy atom. The van der Waals surface area contributed by atoms with Crippen LogP contribution in [0.25, 0.3) is 0 Å². The molecule has 2 aliphatic carbocycles. The molecule has 0 bridgehead atoms. The molecule has 0 radical (unpaired) electrons. The smallest absolute Gasteiger partial charge is 0.118 e. The van der Waals surface area contributed by atoms with E-state index >= 15 is 0 Å². The molecule has 0 saturated heterocycles. The maximum atomic E-state index is 6.29. The molecule has 2 aliphatic rings. The van der Waals surface area contributed by atoms with Gasteiger partial charge in [-0.05, 0) is 77.0 Å². The van der Waals surface area contributed by atoms with Gasteiger partial charge in [-0.25, -0.2) is 0 Å². The zero-order valence-corrected chi connectivity index (χ0v) is 16.4. The number of thioether (sulfide) groups is 1. The van der Waals surface area contributed by atoms with Gasteiger partial charge in [-0.3, -0.25) is 0 Å². The van der Waals surface area contributed by atoms with Gasteiger partial charge in [0, 0.05) is 10.5 Å². The molecule has 0 atom stereocenters. The Morgan fingerprint density at radius 1 is 0.571 bits per heavy atom. The van der Waals surface area contributed by atoms with Crippen LogP contribution in [0.4, 0.5) is 0 Å². The van der Waals surface area contributed by atoms with Crippen LogP contribution >= 0.6 is 58.2 Å². The quantitative estimate of drug-likeness (QED) is 0.438. The van der Waals surface area contributed by atoms with Crippen molar-refractivity contribution < 1.29 is 0 Å². The van der Waals surface area contributed by atoms with Gasteiger partial charge in [0.15, 0.2) is 0 Å². The number of rotatable bonds is 2. The van der Waals surface area contributed by atoms with Crippen LogP contribution in [0.1, 0.15) is 77.0 Å². The fraction of sp³-hybridized carbons (Fsp3) is 1.00. The highest BCUT2D eigenvalue weighted by molar-refractivity contribution is 8.00. The van der Waals surface area contributed by atoms with Gasteiger partial charge in [-0.2, -0.15) is 11.8 Å². The maximum absolute atomic E-state index is 6.29. The lowest BCUT2D eigenvalue weighted by molar-refractivity contribution is 0.478. The second-order valence-corrected chi connectivity index (χ2v) is 11.5. The Kier molecular flexibility index (Phi) is 7.68. The highest BCUT2D eigenvalue weighted by Crippen LogP contribution is 2.42. The molecule has 2 rings (SSSR count). The molecule has 0 aliphatic heterocycles. The Bertz CT molecular complexity index is 265. The Hall–Kier alpha value is 1.51. The van der Waals surface area contributed by atoms with Gasteiger partial charge in [0.05, 0.1) is 0 Å². The van der Waals surface area contributed by atoms with Gasteiger partial charge in [0.2, 0.25) is 0 Å². The molecule has 0 aromatic carbocycles. The van der Waals surface area contributed by atoms with Crippen LogP contribution in [-0.4, -0.2) is 19.2 Å². The second-order valence-electron chi connectivity index (χ2n) is 6.66. The van der Waals surface area contributed by atoms with E-state index in [2.05, 4.69) is 11.8 Å². The molecule has 0 N–H and O–H groups in total. The topological polar surface area (TPSA) is 0 Å². The zero-order chi connectivity index (χ0) is 15.3. The minimum Gasteiger partial charge on any atom is -0.155 e. The van der Waals surface area contributed by atoms with Crippen LogP contribution in [-0.2, 0) is 0 Å². The minimum atomic E-state index is -0.472. The third-order valence-corrected chi connectivity index (χ3v) is 7.88. The minimum absolute atomic E-state index is 0.472. The molecule has 2 saturated carbocycles. The van der Waals surface area contributed by atoms with Crippen molar-refractivity contribution in [1.82, 2.24) is 0 Å². The van der Waals surface area contributed by atoms with E-state index in [4.69, 9.17) is 46.4 Å². The molecule has 0 nitrogen and oxygen atoms in total. The Balaban J connectivity index is 1.76. The van der Waals surface area contributed by atoms with Gasteiger partial charge in [-0.1, -0.05) is 0 Å². The summed E-state index contributed by atoms with van der Waals surface area (Å²) in [6.45, 7) is 0. The van der Waals surface area contributed by atoms with Gasteiger partial charge >= 0.3 is 0 Å². The van der Waals surface area contributed by atoms with Crippen molar-refractivity contribution in [2.75, 3.05) is 0 Å². The van der Waals surface area contributed by atoms with Gasteiger partial charge in [0.1, 0.15) is 8.67 Å². The maximum Gasteiger partial charge on any atom is 0.118 e. The van der Waals surface area contributed by atoms with Gasteiger partial charge in [-0.15, -0.1) is 46.4 Å². The molecule has 0 amide bonds. The standard InChI is InChI=1S/C16H26Cl4S/c17-15(18)9-1-5-13(6-2-10-15)21-14-7-3-11-16(19,20)12-4-8-14/h13-14H,1-12H2. The molecule has 0 aromatic rings. The summed E-state index contributed by atoms with van der Waals surface area (Å²) < 4.78 is -0.945. The van der Waals surface area contributed by atoms with Crippen LogP contribution in [0.2, 0.25) is 0 Å². The summed E-state index contributed by atoms with van der Waals surface area (Å²) in [6.07, 6.45) is 13.4. The van der Waals surface area contributed by atoms with Crippen LogP contribution in [0, 0.1) is 0 Å². The van der Waals surface area contributed by atoms with Crippen molar-refractivity contribution in [3.05, 3.63) is 0 Å². The predicted molar refractivity (Wildman–Crippen MR) is 99.4 cm³/mol. The molecule has 124 valence electrons. The normalized spacial score (nSPS) is 29.1. The van der Waals surface area contributed by atoms with Crippen molar-refractivity contribution in [2.45, 2.75) is 96.2 Å². The van der Waals surface area contributed by atoms with Crippen molar-refractivity contribution >= 4 is 58.2 Å². The average Bonchev–Trinajstić information content (AvgIpc) is 2.33. The summed E-state index contributed by atoms with van der Waals surface area (Å²) in [7, 11) is 0. The van der Waals surface area contributed by atoms with E-state index in [1.807, 2.05) is 0 Å². The van der Waals surface area contributed by atoms with E-state index in [-0.39, 0.29) is 0 Å². The molecule has 5 heteroatoms. The van der Waals surface area contributed by atoms with Crippen molar-refractivity contribution in [3.8, 4) is 0 Å². The Morgan fingerprint density at radius 2 is 0.857 bits per heavy atom. The summed E-state index contributed by atoms with van der Waals surface area (Å²) in [5.74, 6) is 0. The monoisotopic (exact) mass is 390 g/mol. The van der Waals surface area contributed by atoms with Crippen molar-refractivity contribution in [3.63, 3.8) is 0 Å². The predicted octanol–water partition coefficient (Wildman–Crippen LogP) is 7.51. The summed E-state index contributed by atoms with van der Waals surface area (Å²) in [5, 5.41) is 1.58. The number of halogens is 4. The first-order valence-electron chi connectivity index (χ1n) is 8.27. The lowest BCUT2D eigenvalue weighted by Gasteiger charge is -2.30. The molecular formula is C16H26Cl4S. The van der Waals surface area contributed by atoms with Gasteiger partial charge < -0.3 is 0 Å². The highest BCUT2D eigenvalue weighted by Gasteiger charge is 2.30. The van der Waals surface area contributed by atoms with Crippen LogP contribution < -0.4 is 0 Å². The van der Waals surface area contributed by atoms with E-state index in [0.717, 1.165) is 61.9 Å². The van der Waals surface area contributed by atoms with Crippen LogP contribution in [0.5, 0.6) is 0 Å². The molecule has 0 unspecified atom stereocenters. The lowest BCUT2D eigenvalue weighted by atomic mass is 9.99. The first-order chi connectivity index (χ1) is 9.86. The number of hydrogen-bond acceptors (Lipinski definition) is 1. The van der Waals surface area contributed by atoms with E-state index in [1.165, 1.54) is 25.7 Å². The third-order valence-electron chi connectivity index (χ3n) is 4.66. The molecule has 0 aromatic heterocycles. The summed E-state index contributed by atoms with van der Waals surface area (Å²) in [5.41, 5.74) is 0. The third kappa shape index (κ3) is 7.29. The average molecular weight is 392 g/mol. The largest absolute Gasteiger partial charge is 0.155 e. The first kappa shape index (κ1) is 18.8. The highest BCUT2D eigenvalue weighted by atomic mass is 35.5. The molecular weight excluding hydrogens is 366 g/mol. The number of alkyl halides is 4. The van der Waals surface area contributed by atoms with Crippen molar-refractivity contribution in [1.29, 1.82) is 0 Å². The fourth-order valence-corrected chi connectivity index (χ4v) is 6.26. The second kappa shape index (κ2) is 8.56. The van der Waals surface area contributed by atoms with E-state index in [1.54, 1.807) is 0 Å². The van der Waals surface area contributed by atoms with E-state index in [9.17, 15) is 0 Å². The van der Waals surface area contributed by atoms with Gasteiger partial charge in [0.25, 0.3) is 0 Å². The lowest BCUT2D eigenvalue weighted by Crippen LogP contribution is -2.22. The zero-order valence-electron chi connectivity index (χ0n) is 12.6. The molecule has 0 spiro atoms. The fourth-order valence-electron chi connectivity index (χ4n) is 3.44. The summed E-state index contributed by atoms with van der Waals surface area (Å²) in [4.78, 5) is 0. The molecule has 0 heterocycles. The Labute approximate surface area is 154 Å². The number of hydrogen-bond donors (Lipinski definition) is 0. The summed E-state index contributed by atoms with van der Waals surface area (Å²) >= 11 is 27.4.